The largest absolute Gasteiger partial charge is 0.454 e. The maximum absolute atomic E-state index is 13.5. The Morgan fingerprint density at radius 1 is 1.08 bits per heavy atom. The van der Waals surface area contributed by atoms with Crippen molar-refractivity contribution in [3.63, 3.8) is 0 Å². The van der Waals surface area contributed by atoms with E-state index in [1.165, 1.54) is 19.1 Å². The van der Waals surface area contributed by atoms with Crippen LogP contribution in [0.15, 0.2) is 12.1 Å². The van der Waals surface area contributed by atoms with E-state index in [1.807, 2.05) is 0 Å². The number of aliphatic hydroxyl groups is 3. The molecule has 0 spiro atoms. The number of hydrogen-bond donors (Lipinski definition) is 3. The molecule has 4 aliphatic heterocycles. The Morgan fingerprint density at radius 2 is 1.81 bits per heavy atom. The molecule has 1 amide bonds. The summed E-state index contributed by atoms with van der Waals surface area (Å²) in [6.45, 7) is 0.100. The van der Waals surface area contributed by atoms with E-state index in [-0.39, 0.29) is 32.1 Å². The van der Waals surface area contributed by atoms with Crippen LogP contribution in [0, 0.1) is 0 Å². The van der Waals surface area contributed by atoms with Crippen molar-refractivity contribution >= 4 is 11.7 Å². The van der Waals surface area contributed by atoms with Crippen molar-refractivity contribution in [1.29, 1.82) is 0 Å². The number of hydrogen-bond acceptors (Lipinski definition) is 11. The zero-order valence-corrected chi connectivity index (χ0v) is 20.1. The molecule has 12 heteroatoms. The lowest BCUT2D eigenvalue weighted by molar-refractivity contribution is -0.321. The second kappa shape index (κ2) is 10.2. The molecule has 8 atom stereocenters. The van der Waals surface area contributed by atoms with E-state index >= 15 is 0 Å². The van der Waals surface area contributed by atoms with Gasteiger partial charge in [0.1, 0.15) is 36.3 Å². The minimum absolute atomic E-state index is 0.0824. The van der Waals surface area contributed by atoms with Crippen molar-refractivity contribution < 1.29 is 53.3 Å². The number of methoxy groups -OCH3 is 2. The van der Waals surface area contributed by atoms with Gasteiger partial charge in [-0.2, -0.15) is 0 Å². The van der Waals surface area contributed by atoms with E-state index in [9.17, 15) is 24.9 Å². The molecule has 0 aromatic heterocycles. The molecule has 1 aromatic carbocycles. The highest BCUT2D eigenvalue weighted by Gasteiger charge is 2.49. The summed E-state index contributed by atoms with van der Waals surface area (Å²) >= 11 is 0. The van der Waals surface area contributed by atoms with Gasteiger partial charge in [-0.15, -0.1) is 0 Å². The summed E-state index contributed by atoms with van der Waals surface area (Å²) in [5.41, 5.74) is 1.52. The fraction of sp³-hybridized carbons (Fsp3) is 0.667. The SMILES string of the molecule is CO[C@@H]1[C@@H](O)[C@H](O[C@@H]2CC(=O)[C@H]3CCN(Cc4cc5c(cc43)OCO5)C(=O)[C@H]2O)O[C@H](CO)[C@H]1OC. The molecule has 36 heavy (non-hydrogen) atoms. The lowest BCUT2D eigenvalue weighted by Crippen LogP contribution is -2.61. The first-order valence-electron chi connectivity index (χ1n) is 11.9. The first-order chi connectivity index (χ1) is 17.4. The predicted molar refractivity (Wildman–Crippen MR) is 119 cm³/mol. The Kier molecular flexibility index (Phi) is 7.18. The molecule has 5 rings (SSSR count). The number of fused-ring (bicyclic) bond motifs is 6. The fourth-order valence-corrected chi connectivity index (χ4v) is 5.51. The summed E-state index contributed by atoms with van der Waals surface area (Å²) in [5, 5.41) is 31.6. The Hall–Kier alpha value is -2.32. The Labute approximate surface area is 207 Å². The molecule has 198 valence electrons. The van der Waals surface area contributed by atoms with Crippen LogP contribution in [0.3, 0.4) is 0 Å². The topological polar surface area (TPSA) is 153 Å². The number of ketones is 1. The molecular weight excluding hydrogens is 478 g/mol. The monoisotopic (exact) mass is 509 g/mol. The van der Waals surface area contributed by atoms with Crippen LogP contribution in [0.2, 0.25) is 0 Å². The van der Waals surface area contributed by atoms with Crippen LogP contribution in [-0.4, -0.2) is 109 Å². The maximum Gasteiger partial charge on any atom is 0.254 e. The van der Waals surface area contributed by atoms with Crippen molar-refractivity contribution in [3.8, 4) is 11.5 Å². The molecule has 2 bridgehead atoms. The van der Waals surface area contributed by atoms with Crippen molar-refractivity contribution in [2.45, 2.75) is 68.2 Å². The summed E-state index contributed by atoms with van der Waals surface area (Å²) in [7, 11) is 2.77. The molecule has 0 radical (unpaired) electrons. The maximum atomic E-state index is 13.5. The van der Waals surface area contributed by atoms with Crippen LogP contribution in [0.4, 0.5) is 0 Å². The number of carbonyl (C=O) groups is 2. The minimum atomic E-state index is -1.67. The second-order valence-electron chi connectivity index (χ2n) is 9.41. The van der Waals surface area contributed by atoms with Gasteiger partial charge in [-0.1, -0.05) is 0 Å². The van der Waals surface area contributed by atoms with E-state index in [0.717, 1.165) is 11.1 Å². The van der Waals surface area contributed by atoms with Gasteiger partial charge in [0, 0.05) is 39.6 Å². The number of benzene rings is 1. The predicted octanol–water partition coefficient (Wildman–Crippen LogP) is -0.942. The Morgan fingerprint density at radius 3 is 2.50 bits per heavy atom. The number of carbonyl (C=O) groups excluding carboxylic acids is 2. The van der Waals surface area contributed by atoms with Crippen molar-refractivity contribution in [3.05, 3.63) is 23.3 Å². The summed E-state index contributed by atoms with van der Waals surface area (Å²) in [5.74, 6) is -0.269. The van der Waals surface area contributed by atoms with Gasteiger partial charge >= 0.3 is 0 Å². The number of ether oxygens (including phenoxy) is 6. The molecular formula is C24H31NO11. The minimum Gasteiger partial charge on any atom is -0.454 e. The normalized spacial score (nSPS) is 36.2. The van der Waals surface area contributed by atoms with Gasteiger partial charge in [0.25, 0.3) is 5.91 Å². The molecule has 2 fully saturated rings. The highest BCUT2D eigenvalue weighted by Crippen LogP contribution is 2.41. The lowest BCUT2D eigenvalue weighted by Gasteiger charge is -2.44. The zero-order valence-electron chi connectivity index (χ0n) is 20.1. The van der Waals surface area contributed by atoms with Crippen LogP contribution in [0.1, 0.15) is 29.9 Å². The van der Waals surface area contributed by atoms with Gasteiger partial charge < -0.3 is 48.6 Å². The van der Waals surface area contributed by atoms with E-state index in [0.29, 0.717) is 17.9 Å². The van der Waals surface area contributed by atoms with Crippen molar-refractivity contribution in [1.82, 2.24) is 4.90 Å². The van der Waals surface area contributed by atoms with Gasteiger partial charge in [-0.25, -0.2) is 0 Å². The molecule has 3 N–H and O–H groups in total. The van der Waals surface area contributed by atoms with Gasteiger partial charge in [-0.3, -0.25) is 9.59 Å². The Bertz CT molecular complexity index is 1000. The second-order valence-corrected chi connectivity index (χ2v) is 9.41. The van der Waals surface area contributed by atoms with E-state index in [1.54, 1.807) is 12.1 Å². The van der Waals surface area contributed by atoms with E-state index in [2.05, 4.69) is 0 Å². The van der Waals surface area contributed by atoms with Crippen LogP contribution in [-0.2, 0) is 35.1 Å². The number of Topliss-reactive ketones (excluding diaryl/α,β-unsaturated/α-hetero) is 1. The Balaban J connectivity index is 1.43. The average Bonchev–Trinajstić information content (AvgIpc) is 3.26. The third kappa shape index (κ3) is 4.36. The molecule has 1 aromatic rings. The molecule has 0 saturated carbocycles. The molecule has 2 saturated heterocycles. The number of amides is 1. The lowest BCUT2D eigenvalue weighted by atomic mass is 9.86. The van der Waals surface area contributed by atoms with Gasteiger partial charge in [0.15, 0.2) is 23.9 Å². The third-order valence-electron chi connectivity index (χ3n) is 7.41. The van der Waals surface area contributed by atoms with Crippen LogP contribution in [0.5, 0.6) is 11.5 Å². The van der Waals surface area contributed by atoms with Crippen molar-refractivity contribution in [2.24, 2.45) is 0 Å². The number of nitrogens with zero attached hydrogens (tertiary/aromatic N) is 1. The fourth-order valence-electron chi connectivity index (χ4n) is 5.51. The van der Waals surface area contributed by atoms with Gasteiger partial charge in [0.2, 0.25) is 6.79 Å². The molecule has 12 nitrogen and oxygen atoms in total. The van der Waals surface area contributed by atoms with Crippen LogP contribution in [0.25, 0.3) is 0 Å². The molecule has 0 unspecified atom stereocenters. The third-order valence-corrected chi connectivity index (χ3v) is 7.41. The first kappa shape index (κ1) is 25.3. The zero-order chi connectivity index (χ0) is 25.6. The first-order valence-corrected chi connectivity index (χ1v) is 11.9. The highest BCUT2D eigenvalue weighted by atomic mass is 16.7. The standard InChI is InChI=1S/C24H31NO11/c1-31-21-18(9-26)36-24(20(29)22(21)32-2)35-17-7-14(27)12-3-4-25(23(30)19(17)28)8-11-5-15-16(6-13(11)12)34-10-33-15/h5-6,12,17-22,24,26,28-29H,3-4,7-10H2,1-2H3/t12-,17+,18+,19-,20+,21+,22+,24+/m0/s1. The average molecular weight is 510 g/mol. The molecule has 4 heterocycles. The van der Waals surface area contributed by atoms with Crippen LogP contribution < -0.4 is 9.47 Å². The van der Waals surface area contributed by atoms with E-state index in [4.69, 9.17) is 28.4 Å². The van der Waals surface area contributed by atoms with E-state index < -0.39 is 61.3 Å². The molecule has 4 aliphatic rings. The van der Waals surface area contributed by atoms with Crippen LogP contribution >= 0.6 is 0 Å². The van der Waals surface area contributed by atoms with Crippen molar-refractivity contribution in [2.75, 3.05) is 34.2 Å². The number of rotatable bonds is 5. The summed E-state index contributed by atoms with van der Waals surface area (Å²) in [4.78, 5) is 28.4. The number of aliphatic hydroxyl groups excluding tert-OH is 3. The highest BCUT2D eigenvalue weighted by molar-refractivity contribution is 5.90. The smallest absolute Gasteiger partial charge is 0.254 e. The molecule has 0 aliphatic carbocycles. The summed E-state index contributed by atoms with van der Waals surface area (Å²) in [6, 6.07) is 3.57. The van der Waals surface area contributed by atoms with Gasteiger partial charge in [-0.05, 0) is 29.7 Å². The van der Waals surface area contributed by atoms with Gasteiger partial charge in [0.05, 0.1) is 6.61 Å². The summed E-state index contributed by atoms with van der Waals surface area (Å²) in [6.07, 6.45) is -8.21. The summed E-state index contributed by atoms with van der Waals surface area (Å²) < 4.78 is 33.2. The quantitative estimate of drug-likeness (QED) is 0.451.